The first kappa shape index (κ1) is 15.7. The molecule has 1 amide bonds. The molecule has 1 aromatic heterocycles. The maximum atomic E-state index is 12.9. The molecule has 1 aliphatic heterocycles. The lowest BCUT2D eigenvalue weighted by atomic mass is 9.95. The lowest BCUT2D eigenvalue weighted by molar-refractivity contribution is 0.0787. The summed E-state index contributed by atoms with van der Waals surface area (Å²) in [6.07, 6.45) is 1.82. The molecule has 2 aromatic rings. The zero-order valence-electron chi connectivity index (χ0n) is 13.9. The maximum absolute atomic E-state index is 12.9. The summed E-state index contributed by atoms with van der Waals surface area (Å²) in [5.41, 5.74) is 9.06. The van der Waals surface area contributed by atoms with Gasteiger partial charge < -0.3 is 10.6 Å². The number of aryl methyl sites for hydroxylation is 1. The molecular formula is C18H24N4O. The van der Waals surface area contributed by atoms with Gasteiger partial charge in [0.05, 0.1) is 11.3 Å². The molecule has 2 heterocycles. The number of rotatable bonds is 3. The van der Waals surface area contributed by atoms with Crippen LogP contribution in [0.15, 0.2) is 36.5 Å². The highest BCUT2D eigenvalue weighted by atomic mass is 16.2. The summed E-state index contributed by atoms with van der Waals surface area (Å²) in [6, 6.07) is 10.2. The highest BCUT2D eigenvalue weighted by Gasteiger charge is 2.35. The van der Waals surface area contributed by atoms with Gasteiger partial charge in [0.25, 0.3) is 5.91 Å². The van der Waals surface area contributed by atoms with Crippen molar-refractivity contribution in [1.29, 1.82) is 0 Å². The minimum absolute atomic E-state index is 0.0273. The van der Waals surface area contributed by atoms with Crippen molar-refractivity contribution in [3.8, 4) is 0 Å². The van der Waals surface area contributed by atoms with Crippen molar-refractivity contribution >= 4 is 5.91 Å². The molecule has 0 radical (unpaired) electrons. The molecule has 2 atom stereocenters. The van der Waals surface area contributed by atoms with Crippen molar-refractivity contribution in [3.63, 3.8) is 0 Å². The number of likely N-dealkylation sites (tertiary alicyclic amines) is 1. The fraction of sp³-hybridized carbons (Fsp3) is 0.444. The van der Waals surface area contributed by atoms with Gasteiger partial charge in [0.15, 0.2) is 0 Å². The van der Waals surface area contributed by atoms with Crippen LogP contribution in [0.3, 0.4) is 0 Å². The molecule has 5 nitrogen and oxygen atoms in total. The first-order valence-corrected chi connectivity index (χ1v) is 8.10. The van der Waals surface area contributed by atoms with Gasteiger partial charge in [-0.3, -0.25) is 9.48 Å². The third kappa shape index (κ3) is 3.01. The van der Waals surface area contributed by atoms with Crippen LogP contribution in [0.25, 0.3) is 0 Å². The third-order valence-corrected chi connectivity index (χ3v) is 4.51. The fourth-order valence-electron chi connectivity index (χ4n) is 3.31. The second kappa shape index (κ2) is 6.16. The van der Waals surface area contributed by atoms with Crippen LogP contribution in [0.2, 0.25) is 0 Å². The SMILES string of the molecule is CC(C)c1nn(C)cc1C(=O)N1C[C@@H](N)[C@H](c2ccccc2)C1. The number of hydrogen-bond donors (Lipinski definition) is 1. The predicted octanol–water partition coefficient (Wildman–Crippen LogP) is 2.11. The van der Waals surface area contributed by atoms with Gasteiger partial charge in [0.1, 0.15) is 0 Å². The molecule has 0 unspecified atom stereocenters. The van der Waals surface area contributed by atoms with Crippen LogP contribution in [0.1, 0.15) is 47.3 Å². The Morgan fingerprint density at radius 3 is 2.61 bits per heavy atom. The van der Waals surface area contributed by atoms with E-state index in [2.05, 4.69) is 31.1 Å². The summed E-state index contributed by atoms with van der Waals surface area (Å²) in [4.78, 5) is 14.8. The zero-order valence-corrected chi connectivity index (χ0v) is 13.9. The van der Waals surface area contributed by atoms with Crippen molar-refractivity contribution in [2.24, 2.45) is 12.8 Å². The molecule has 122 valence electrons. The van der Waals surface area contributed by atoms with Gasteiger partial charge in [-0.05, 0) is 11.5 Å². The summed E-state index contributed by atoms with van der Waals surface area (Å²) in [7, 11) is 1.85. The number of nitrogens with two attached hydrogens (primary N) is 1. The number of carbonyl (C=O) groups excluding carboxylic acids is 1. The Kier molecular flexibility index (Phi) is 4.22. The molecule has 23 heavy (non-hydrogen) atoms. The standard InChI is InChI=1S/C18H24N4O/c1-12(2)17-15(9-21(3)20-17)18(23)22-10-14(16(19)11-22)13-7-5-4-6-8-13/h4-9,12,14,16H,10-11,19H2,1-3H3/t14-,16+/m0/s1. The Hall–Kier alpha value is -2.14. The molecule has 0 bridgehead atoms. The van der Waals surface area contributed by atoms with Gasteiger partial charge >= 0.3 is 0 Å². The Morgan fingerprint density at radius 2 is 1.96 bits per heavy atom. The molecule has 1 saturated heterocycles. The van der Waals surface area contributed by atoms with E-state index in [4.69, 9.17) is 5.73 Å². The monoisotopic (exact) mass is 312 g/mol. The fourth-order valence-corrected chi connectivity index (χ4v) is 3.31. The van der Waals surface area contributed by atoms with E-state index in [0.29, 0.717) is 18.7 Å². The number of hydrogen-bond acceptors (Lipinski definition) is 3. The molecular weight excluding hydrogens is 288 g/mol. The van der Waals surface area contributed by atoms with Crippen LogP contribution in [-0.2, 0) is 7.05 Å². The summed E-state index contributed by atoms with van der Waals surface area (Å²) in [6.45, 7) is 5.37. The number of nitrogens with zero attached hydrogens (tertiary/aromatic N) is 3. The molecule has 0 aliphatic carbocycles. The van der Waals surface area contributed by atoms with Crippen LogP contribution >= 0.6 is 0 Å². The van der Waals surface area contributed by atoms with Gasteiger partial charge in [0.2, 0.25) is 0 Å². The van der Waals surface area contributed by atoms with E-state index in [9.17, 15) is 4.79 Å². The first-order chi connectivity index (χ1) is 11.0. The van der Waals surface area contributed by atoms with Crippen molar-refractivity contribution < 1.29 is 4.79 Å². The van der Waals surface area contributed by atoms with E-state index >= 15 is 0 Å². The average molecular weight is 312 g/mol. The van der Waals surface area contributed by atoms with Gasteiger partial charge in [-0.1, -0.05) is 44.2 Å². The second-order valence-corrected chi connectivity index (χ2v) is 6.65. The lowest BCUT2D eigenvalue weighted by Crippen LogP contribution is -2.32. The van der Waals surface area contributed by atoms with Crippen LogP contribution in [-0.4, -0.2) is 39.7 Å². The average Bonchev–Trinajstić information content (AvgIpc) is 3.11. The highest BCUT2D eigenvalue weighted by molar-refractivity contribution is 5.95. The van der Waals surface area contributed by atoms with E-state index in [1.807, 2.05) is 36.3 Å². The smallest absolute Gasteiger partial charge is 0.257 e. The van der Waals surface area contributed by atoms with E-state index in [-0.39, 0.29) is 23.8 Å². The van der Waals surface area contributed by atoms with Crippen molar-refractivity contribution in [2.75, 3.05) is 13.1 Å². The summed E-state index contributed by atoms with van der Waals surface area (Å²) >= 11 is 0. The van der Waals surface area contributed by atoms with Gasteiger partial charge in [-0.15, -0.1) is 0 Å². The Morgan fingerprint density at radius 1 is 1.26 bits per heavy atom. The zero-order chi connectivity index (χ0) is 16.6. The van der Waals surface area contributed by atoms with E-state index in [0.717, 1.165) is 5.69 Å². The third-order valence-electron chi connectivity index (χ3n) is 4.51. The predicted molar refractivity (Wildman–Crippen MR) is 90.4 cm³/mol. The van der Waals surface area contributed by atoms with Crippen LogP contribution in [0.4, 0.5) is 0 Å². The number of amides is 1. The number of carbonyl (C=O) groups is 1. The van der Waals surface area contributed by atoms with E-state index < -0.39 is 0 Å². The summed E-state index contributed by atoms with van der Waals surface area (Å²) in [5, 5.41) is 4.44. The maximum Gasteiger partial charge on any atom is 0.257 e. The van der Waals surface area contributed by atoms with Crippen LogP contribution in [0.5, 0.6) is 0 Å². The Labute approximate surface area is 137 Å². The van der Waals surface area contributed by atoms with Crippen molar-refractivity contribution in [3.05, 3.63) is 53.3 Å². The number of aromatic nitrogens is 2. The Balaban J connectivity index is 1.82. The minimum Gasteiger partial charge on any atom is -0.336 e. The first-order valence-electron chi connectivity index (χ1n) is 8.10. The van der Waals surface area contributed by atoms with E-state index in [1.165, 1.54) is 5.56 Å². The van der Waals surface area contributed by atoms with E-state index in [1.54, 1.807) is 4.68 Å². The summed E-state index contributed by atoms with van der Waals surface area (Å²) < 4.78 is 1.72. The van der Waals surface area contributed by atoms with Crippen molar-refractivity contribution in [2.45, 2.75) is 31.7 Å². The Bertz CT molecular complexity index is 692. The highest BCUT2D eigenvalue weighted by Crippen LogP contribution is 2.28. The van der Waals surface area contributed by atoms with Crippen molar-refractivity contribution in [1.82, 2.24) is 14.7 Å². The summed E-state index contributed by atoms with van der Waals surface area (Å²) in [5.74, 6) is 0.450. The molecule has 3 rings (SSSR count). The van der Waals surface area contributed by atoms with Gasteiger partial charge in [0, 0.05) is 38.3 Å². The lowest BCUT2D eigenvalue weighted by Gasteiger charge is -2.17. The molecule has 2 N–H and O–H groups in total. The normalized spacial score (nSPS) is 21.2. The quantitative estimate of drug-likeness (QED) is 0.944. The topological polar surface area (TPSA) is 64.2 Å². The minimum atomic E-state index is -0.0273. The van der Waals surface area contributed by atoms with Gasteiger partial charge in [-0.25, -0.2) is 0 Å². The van der Waals surface area contributed by atoms with Gasteiger partial charge in [-0.2, -0.15) is 5.10 Å². The molecule has 0 saturated carbocycles. The van der Waals surface area contributed by atoms with Crippen LogP contribution < -0.4 is 5.73 Å². The molecule has 5 heteroatoms. The molecule has 1 aromatic carbocycles. The molecule has 1 fully saturated rings. The largest absolute Gasteiger partial charge is 0.336 e. The molecule has 1 aliphatic rings. The molecule has 0 spiro atoms. The number of benzene rings is 1. The second-order valence-electron chi connectivity index (χ2n) is 6.65. The van der Waals surface area contributed by atoms with Crippen LogP contribution in [0, 0.1) is 0 Å².